The fourth-order valence-corrected chi connectivity index (χ4v) is 2.71. The van der Waals surface area contributed by atoms with Gasteiger partial charge in [0.15, 0.2) is 0 Å². The van der Waals surface area contributed by atoms with Crippen LogP contribution >= 0.6 is 0 Å². The van der Waals surface area contributed by atoms with Gasteiger partial charge in [0.1, 0.15) is 5.75 Å². The molecule has 2 aliphatic rings. The Morgan fingerprint density at radius 1 is 0.941 bits per heavy atom. The lowest BCUT2D eigenvalue weighted by Crippen LogP contribution is -2.05. The number of hydrogen-bond acceptors (Lipinski definition) is 1. The Bertz CT molecular complexity index is 368. The molecule has 2 saturated carbocycles. The molecule has 0 spiro atoms. The third-order valence-electron chi connectivity index (χ3n) is 3.75. The quantitative estimate of drug-likeness (QED) is 0.747. The van der Waals surface area contributed by atoms with Crippen LogP contribution in [0.25, 0.3) is 0 Å². The lowest BCUT2D eigenvalue weighted by atomic mass is 9.89. The summed E-state index contributed by atoms with van der Waals surface area (Å²) in [7, 11) is 0. The van der Waals surface area contributed by atoms with Crippen molar-refractivity contribution in [1.82, 2.24) is 0 Å². The highest BCUT2D eigenvalue weighted by Crippen LogP contribution is 2.54. The molecule has 0 N–H and O–H groups in total. The maximum Gasteiger partial charge on any atom is 0.387 e. The highest BCUT2D eigenvalue weighted by molar-refractivity contribution is 5.31. The minimum absolute atomic E-state index is 0.258. The summed E-state index contributed by atoms with van der Waals surface area (Å²) in [6, 6.07) is 7.25. The Kier molecular flexibility index (Phi) is 2.77. The molecular weight excluding hydrogens is 222 g/mol. The second kappa shape index (κ2) is 4.28. The molecule has 3 heteroatoms. The molecule has 1 aromatic rings. The van der Waals surface area contributed by atoms with E-state index in [0.717, 1.165) is 11.8 Å². The van der Waals surface area contributed by atoms with Crippen LogP contribution in [0.3, 0.4) is 0 Å². The minimum Gasteiger partial charge on any atom is -0.435 e. The van der Waals surface area contributed by atoms with Crippen LogP contribution < -0.4 is 4.74 Å². The normalized spacial score (nSPS) is 20.0. The molecule has 1 aromatic carbocycles. The van der Waals surface area contributed by atoms with Gasteiger partial charge in [-0.15, -0.1) is 0 Å². The van der Waals surface area contributed by atoms with Gasteiger partial charge in [-0.2, -0.15) is 8.78 Å². The van der Waals surface area contributed by atoms with E-state index in [4.69, 9.17) is 0 Å². The van der Waals surface area contributed by atoms with Gasteiger partial charge in [0.25, 0.3) is 0 Å². The maximum absolute atomic E-state index is 12.0. The van der Waals surface area contributed by atoms with E-state index >= 15 is 0 Å². The molecule has 17 heavy (non-hydrogen) atoms. The molecule has 0 amide bonds. The van der Waals surface area contributed by atoms with E-state index in [-0.39, 0.29) is 5.75 Å². The summed E-state index contributed by atoms with van der Waals surface area (Å²) in [4.78, 5) is 0. The van der Waals surface area contributed by atoms with Crippen molar-refractivity contribution in [2.45, 2.75) is 38.2 Å². The summed E-state index contributed by atoms with van der Waals surface area (Å²) in [6.07, 6.45) is 5.32. The number of alkyl halides is 2. The summed E-state index contributed by atoms with van der Waals surface area (Å²) < 4.78 is 28.4. The predicted molar refractivity (Wildman–Crippen MR) is 61.3 cm³/mol. The smallest absolute Gasteiger partial charge is 0.387 e. The van der Waals surface area contributed by atoms with Crippen LogP contribution in [0, 0.1) is 11.8 Å². The van der Waals surface area contributed by atoms with Crippen molar-refractivity contribution in [3.8, 4) is 5.75 Å². The third-order valence-corrected chi connectivity index (χ3v) is 3.75. The third kappa shape index (κ3) is 2.59. The summed E-state index contributed by atoms with van der Waals surface area (Å²) in [5, 5.41) is 0. The Labute approximate surface area is 99.8 Å². The molecule has 3 rings (SSSR count). The largest absolute Gasteiger partial charge is 0.435 e. The molecule has 1 nitrogen and oxygen atoms in total. The van der Waals surface area contributed by atoms with Gasteiger partial charge in [-0.05, 0) is 61.1 Å². The van der Waals surface area contributed by atoms with Crippen LogP contribution in [0.1, 0.15) is 37.2 Å². The van der Waals surface area contributed by atoms with Crippen molar-refractivity contribution in [2.75, 3.05) is 0 Å². The van der Waals surface area contributed by atoms with E-state index in [1.54, 1.807) is 12.1 Å². The molecule has 92 valence electrons. The monoisotopic (exact) mass is 238 g/mol. The van der Waals surface area contributed by atoms with Crippen LogP contribution in [0.5, 0.6) is 5.75 Å². The number of hydrogen-bond donors (Lipinski definition) is 0. The number of ether oxygens (including phenoxy) is 1. The number of rotatable bonds is 5. The first-order valence-electron chi connectivity index (χ1n) is 6.29. The van der Waals surface area contributed by atoms with Gasteiger partial charge in [-0.3, -0.25) is 0 Å². The fourth-order valence-electron chi connectivity index (χ4n) is 2.71. The summed E-state index contributed by atoms with van der Waals surface area (Å²) in [6.45, 7) is -2.73. The van der Waals surface area contributed by atoms with Crippen LogP contribution in [0.2, 0.25) is 0 Å². The predicted octanol–water partition coefficient (Wildman–Crippen LogP) is 4.19. The molecule has 0 radical (unpaired) electrons. The molecule has 0 saturated heterocycles. The minimum atomic E-state index is -2.73. The van der Waals surface area contributed by atoms with E-state index in [2.05, 4.69) is 4.74 Å². The Morgan fingerprint density at radius 3 is 1.88 bits per heavy atom. The van der Waals surface area contributed by atoms with E-state index in [0.29, 0.717) is 5.92 Å². The summed E-state index contributed by atoms with van der Waals surface area (Å²) in [5.74, 6) is 2.60. The van der Waals surface area contributed by atoms with Crippen molar-refractivity contribution < 1.29 is 13.5 Å². The average Bonchev–Trinajstić information content (AvgIpc) is 3.12. The Balaban J connectivity index is 1.73. The highest BCUT2D eigenvalue weighted by atomic mass is 19.3. The average molecular weight is 238 g/mol. The fraction of sp³-hybridized carbons (Fsp3) is 0.571. The molecule has 0 aromatic heterocycles. The van der Waals surface area contributed by atoms with Crippen molar-refractivity contribution in [1.29, 1.82) is 0 Å². The van der Waals surface area contributed by atoms with Gasteiger partial charge < -0.3 is 4.74 Å². The molecule has 0 bridgehead atoms. The van der Waals surface area contributed by atoms with Crippen LogP contribution in [-0.2, 0) is 0 Å². The molecule has 0 aliphatic heterocycles. The first-order chi connectivity index (χ1) is 8.24. The number of benzene rings is 1. The molecule has 2 fully saturated rings. The molecule has 2 aliphatic carbocycles. The zero-order chi connectivity index (χ0) is 11.8. The van der Waals surface area contributed by atoms with Gasteiger partial charge in [-0.25, -0.2) is 0 Å². The van der Waals surface area contributed by atoms with E-state index in [1.807, 2.05) is 12.1 Å². The van der Waals surface area contributed by atoms with Gasteiger partial charge >= 0.3 is 6.61 Å². The zero-order valence-corrected chi connectivity index (χ0v) is 9.61. The summed E-state index contributed by atoms with van der Waals surface area (Å²) >= 11 is 0. The van der Waals surface area contributed by atoms with Gasteiger partial charge in [0.2, 0.25) is 0 Å². The SMILES string of the molecule is FC(F)Oc1ccc(C(C2CC2)C2CC2)cc1. The van der Waals surface area contributed by atoms with Crippen LogP contribution in [0.4, 0.5) is 8.78 Å². The maximum atomic E-state index is 12.0. The molecule has 0 atom stereocenters. The molecule has 0 heterocycles. The lowest BCUT2D eigenvalue weighted by Gasteiger charge is -2.16. The van der Waals surface area contributed by atoms with Crippen LogP contribution in [0.15, 0.2) is 24.3 Å². The lowest BCUT2D eigenvalue weighted by molar-refractivity contribution is -0.0498. The van der Waals surface area contributed by atoms with Gasteiger partial charge in [0, 0.05) is 0 Å². The standard InChI is InChI=1S/C14H16F2O/c15-14(16)17-12-7-5-11(6-8-12)13(9-1-2-9)10-3-4-10/h5-10,13-14H,1-4H2. The van der Waals surface area contributed by atoms with Crippen molar-refractivity contribution in [2.24, 2.45) is 11.8 Å². The van der Waals surface area contributed by atoms with E-state index in [1.165, 1.54) is 31.2 Å². The van der Waals surface area contributed by atoms with E-state index < -0.39 is 6.61 Å². The van der Waals surface area contributed by atoms with Crippen LogP contribution in [-0.4, -0.2) is 6.61 Å². The number of halogens is 2. The Morgan fingerprint density at radius 2 is 1.47 bits per heavy atom. The second-order valence-corrected chi connectivity index (χ2v) is 5.15. The Hall–Kier alpha value is -1.12. The topological polar surface area (TPSA) is 9.23 Å². The first kappa shape index (κ1) is 11.0. The van der Waals surface area contributed by atoms with Gasteiger partial charge in [0.05, 0.1) is 0 Å². The van der Waals surface area contributed by atoms with Crippen molar-refractivity contribution in [3.05, 3.63) is 29.8 Å². The summed E-state index contributed by atoms with van der Waals surface area (Å²) in [5.41, 5.74) is 1.30. The van der Waals surface area contributed by atoms with E-state index in [9.17, 15) is 8.78 Å². The van der Waals surface area contributed by atoms with Gasteiger partial charge in [-0.1, -0.05) is 12.1 Å². The first-order valence-corrected chi connectivity index (χ1v) is 6.29. The second-order valence-electron chi connectivity index (χ2n) is 5.15. The van der Waals surface area contributed by atoms with Crippen molar-refractivity contribution in [3.63, 3.8) is 0 Å². The molecular formula is C14H16F2O. The molecule has 0 unspecified atom stereocenters. The van der Waals surface area contributed by atoms with Crippen molar-refractivity contribution >= 4 is 0 Å². The highest BCUT2D eigenvalue weighted by Gasteiger charge is 2.42. The zero-order valence-electron chi connectivity index (χ0n) is 9.61.